The monoisotopic (exact) mass is 328 g/mol. The zero-order valence-corrected chi connectivity index (χ0v) is 13.0. The van der Waals surface area contributed by atoms with E-state index in [0.717, 1.165) is 16.6 Å². The lowest BCUT2D eigenvalue weighted by Crippen LogP contribution is -2.00. The molecule has 0 aliphatic heterocycles. The van der Waals surface area contributed by atoms with Gasteiger partial charge in [0.1, 0.15) is 5.75 Å². The van der Waals surface area contributed by atoms with E-state index >= 15 is 0 Å². The quantitative estimate of drug-likeness (QED) is 0.745. The second-order valence-corrected chi connectivity index (χ2v) is 5.30. The van der Waals surface area contributed by atoms with Crippen LogP contribution in [0.2, 0.25) is 5.02 Å². The van der Waals surface area contributed by atoms with Crippen molar-refractivity contribution in [2.75, 3.05) is 12.4 Å². The topological polar surface area (TPSA) is 71.5 Å². The molecule has 0 amide bonds. The maximum atomic E-state index is 11.0. The third-order valence-electron chi connectivity index (χ3n) is 3.42. The molecule has 0 unspecified atom stereocenters. The molecule has 3 aromatic rings. The summed E-state index contributed by atoms with van der Waals surface area (Å²) < 4.78 is 5.28. The molecule has 0 aliphatic rings. The van der Waals surface area contributed by atoms with Crippen LogP contribution in [0.3, 0.4) is 0 Å². The van der Waals surface area contributed by atoms with Crippen LogP contribution in [0, 0.1) is 0 Å². The second kappa shape index (κ2) is 6.14. The zero-order valence-electron chi connectivity index (χ0n) is 12.2. The Morgan fingerprint density at radius 2 is 2.00 bits per heavy atom. The number of carbonyl (C=O) groups is 1. The largest absolute Gasteiger partial charge is 0.495 e. The van der Waals surface area contributed by atoms with Crippen LogP contribution in [-0.4, -0.2) is 23.2 Å². The molecule has 1 aromatic heterocycles. The number of benzene rings is 2. The number of ether oxygens (including phenoxy) is 1. The predicted octanol–water partition coefficient (Wildman–Crippen LogP) is 4.34. The number of aromatic nitrogens is 1. The third-order valence-corrected chi connectivity index (χ3v) is 3.66. The standard InChI is InChI=1S/C17H13ClN2O3/c1-23-16-8-10(17(21)22)2-5-14(16)20-13-6-7-19-15-9-11(18)3-4-12(13)15/h2-9H,1H3,(H,19,20)(H,21,22). The van der Waals surface area contributed by atoms with Crippen molar-refractivity contribution in [3.8, 4) is 5.75 Å². The summed E-state index contributed by atoms with van der Waals surface area (Å²) in [6, 6.07) is 12.0. The molecule has 0 saturated carbocycles. The van der Waals surface area contributed by atoms with Crippen LogP contribution >= 0.6 is 11.6 Å². The van der Waals surface area contributed by atoms with E-state index in [4.69, 9.17) is 21.4 Å². The Kier molecular flexibility index (Phi) is 4.04. The molecule has 0 aliphatic carbocycles. The zero-order chi connectivity index (χ0) is 16.4. The first-order chi connectivity index (χ1) is 11.1. The molecular formula is C17H13ClN2O3. The normalized spacial score (nSPS) is 10.5. The number of fused-ring (bicyclic) bond motifs is 1. The minimum absolute atomic E-state index is 0.166. The van der Waals surface area contributed by atoms with Crippen LogP contribution in [0.1, 0.15) is 10.4 Å². The van der Waals surface area contributed by atoms with E-state index in [-0.39, 0.29) is 5.56 Å². The molecule has 2 aromatic carbocycles. The van der Waals surface area contributed by atoms with E-state index in [1.54, 1.807) is 24.4 Å². The van der Waals surface area contributed by atoms with E-state index in [9.17, 15) is 4.79 Å². The van der Waals surface area contributed by atoms with Crippen LogP contribution in [-0.2, 0) is 0 Å². The van der Waals surface area contributed by atoms with E-state index < -0.39 is 5.97 Å². The lowest BCUT2D eigenvalue weighted by Gasteiger charge is -2.13. The first-order valence-electron chi connectivity index (χ1n) is 6.81. The molecule has 0 spiro atoms. The van der Waals surface area contributed by atoms with Gasteiger partial charge in [-0.2, -0.15) is 0 Å². The summed E-state index contributed by atoms with van der Waals surface area (Å²) in [7, 11) is 1.50. The molecule has 0 saturated heterocycles. The summed E-state index contributed by atoms with van der Waals surface area (Å²) in [6.45, 7) is 0. The fraction of sp³-hybridized carbons (Fsp3) is 0.0588. The lowest BCUT2D eigenvalue weighted by molar-refractivity contribution is 0.0696. The van der Waals surface area contributed by atoms with Gasteiger partial charge in [0.05, 0.1) is 23.9 Å². The maximum absolute atomic E-state index is 11.0. The molecule has 0 atom stereocenters. The van der Waals surface area contributed by atoms with Crippen LogP contribution < -0.4 is 10.1 Å². The minimum atomic E-state index is -1.00. The number of rotatable bonds is 4. The Bertz CT molecular complexity index is 896. The Hall–Kier alpha value is -2.79. The Morgan fingerprint density at radius 1 is 1.17 bits per heavy atom. The van der Waals surface area contributed by atoms with Gasteiger partial charge in [-0.25, -0.2) is 4.79 Å². The van der Waals surface area contributed by atoms with Gasteiger partial charge in [0.25, 0.3) is 0 Å². The number of hydrogen-bond donors (Lipinski definition) is 2. The summed E-state index contributed by atoms with van der Waals surface area (Å²) in [5, 5.41) is 13.8. The summed E-state index contributed by atoms with van der Waals surface area (Å²) in [5.41, 5.74) is 2.43. The lowest BCUT2D eigenvalue weighted by atomic mass is 10.1. The van der Waals surface area contributed by atoms with Crippen molar-refractivity contribution >= 4 is 39.8 Å². The van der Waals surface area contributed by atoms with Gasteiger partial charge in [0, 0.05) is 22.3 Å². The SMILES string of the molecule is COc1cc(C(=O)O)ccc1Nc1ccnc2cc(Cl)ccc12. The molecule has 1 heterocycles. The molecule has 3 rings (SSSR count). The van der Waals surface area contributed by atoms with E-state index in [0.29, 0.717) is 16.5 Å². The van der Waals surface area contributed by atoms with Gasteiger partial charge in [-0.05, 0) is 42.5 Å². The molecular weight excluding hydrogens is 316 g/mol. The maximum Gasteiger partial charge on any atom is 0.335 e. The van der Waals surface area contributed by atoms with Crippen LogP contribution in [0.4, 0.5) is 11.4 Å². The summed E-state index contributed by atoms with van der Waals surface area (Å²) in [6.07, 6.45) is 1.68. The Balaban J connectivity index is 2.04. The molecule has 23 heavy (non-hydrogen) atoms. The molecule has 0 bridgehead atoms. The number of anilines is 2. The van der Waals surface area contributed by atoms with Crippen molar-refractivity contribution < 1.29 is 14.6 Å². The smallest absolute Gasteiger partial charge is 0.335 e. The van der Waals surface area contributed by atoms with Crippen LogP contribution in [0.15, 0.2) is 48.7 Å². The number of methoxy groups -OCH3 is 1. The highest BCUT2D eigenvalue weighted by Gasteiger charge is 2.10. The number of carboxylic acid groups (broad SMARTS) is 1. The number of halogens is 1. The second-order valence-electron chi connectivity index (χ2n) is 4.87. The molecule has 2 N–H and O–H groups in total. The minimum Gasteiger partial charge on any atom is -0.495 e. The summed E-state index contributed by atoms with van der Waals surface area (Å²) in [5.74, 6) is -0.553. The predicted molar refractivity (Wildman–Crippen MR) is 90.0 cm³/mol. The number of hydrogen-bond acceptors (Lipinski definition) is 4. The van der Waals surface area contributed by atoms with Gasteiger partial charge in [-0.15, -0.1) is 0 Å². The molecule has 116 valence electrons. The highest BCUT2D eigenvalue weighted by atomic mass is 35.5. The van der Waals surface area contributed by atoms with E-state index in [2.05, 4.69) is 10.3 Å². The van der Waals surface area contributed by atoms with E-state index in [1.807, 2.05) is 12.1 Å². The molecule has 0 radical (unpaired) electrons. The highest BCUT2D eigenvalue weighted by Crippen LogP contribution is 2.32. The van der Waals surface area contributed by atoms with Crippen molar-refractivity contribution in [2.45, 2.75) is 0 Å². The fourth-order valence-electron chi connectivity index (χ4n) is 2.30. The van der Waals surface area contributed by atoms with Crippen LogP contribution in [0.25, 0.3) is 10.9 Å². The number of aromatic carboxylic acids is 1. The van der Waals surface area contributed by atoms with Crippen molar-refractivity contribution in [1.29, 1.82) is 0 Å². The first kappa shape index (κ1) is 15.1. The van der Waals surface area contributed by atoms with Crippen LogP contribution in [0.5, 0.6) is 5.75 Å². The Morgan fingerprint density at radius 3 is 2.74 bits per heavy atom. The molecule has 5 nitrogen and oxygen atoms in total. The van der Waals surface area contributed by atoms with Gasteiger partial charge in [-0.1, -0.05) is 11.6 Å². The number of nitrogens with zero attached hydrogens (tertiary/aromatic N) is 1. The van der Waals surface area contributed by atoms with Crippen molar-refractivity contribution in [2.24, 2.45) is 0 Å². The number of carboxylic acids is 1. The molecule has 6 heteroatoms. The van der Waals surface area contributed by atoms with Crippen molar-refractivity contribution in [3.05, 3.63) is 59.2 Å². The van der Waals surface area contributed by atoms with Gasteiger partial charge < -0.3 is 15.2 Å². The third kappa shape index (κ3) is 3.05. The first-order valence-corrected chi connectivity index (χ1v) is 7.19. The highest BCUT2D eigenvalue weighted by molar-refractivity contribution is 6.31. The number of pyridine rings is 1. The number of nitrogens with one attached hydrogen (secondary N) is 1. The summed E-state index contributed by atoms with van der Waals surface area (Å²) >= 11 is 5.99. The van der Waals surface area contributed by atoms with Gasteiger partial charge in [-0.3, -0.25) is 4.98 Å². The average Bonchev–Trinajstić information content (AvgIpc) is 2.55. The van der Waals surface area contributed by atoms with Gasteiger partial charge >= 0.3 is 5.97 Å². The Labute approximate surface area is 137 Å². The molecule has 0 fully saturated rings. The van der Waals surface area contributed by atoms with E-state index in [1.165, 1.54) is 19.2 Å². The average molecular weight is 329 g/mol. The summed E-state index contributed by atoms with van der Waals surface area (Å²) in [4.78, 5) is 15.3. The van der Waals surface area contributed by atoms with Crippen molar-refractivity contribution in [1.82, 2.24) is 4.98 Å². The van der Waals surface area contributed by atoms with Crippen molar-refractivity contribution in [3.63, 3.8) is 0 Å². The van der Waals surface area contributed by atoms with Gasteiger partial charge in [0.2, 0.25) is 0 Å². The fourth-order valence-corrected chi connectivity index (χ4v) is 2.47. The van der Waals surface area contributed by atoms with Gasteiger partial charge in [0.15, 0.2) is 0 Å².